The molecule has 1 aliphatic heterocycles. The minimum atomic E-state index is 1.36. The van der Waals surface area contributed by atoms with Crippen LogP contribution in [0.2, 0.25) is 0 Å². The number of likely N-dealkylation sites (tertiary alicyclic amines) is 1. The molecule has 0 bridgehead atoms. The number of nitrogens with zero attached hydrogens (tertiary/aromatic N) is 1. The lowest BCUT2D eigenvalue weighted by Crippen LogP contribution is -2.37. The first-order chi connectivity index (χ1) is 4.43. The van der Waals surface area contributed by atoms with Crippen LogP contribution in [-0.2, 0) is 0 Å². The Balaban J connectivity index is 1.80. The van der Waals surface area contributed by atoms with Crippen LogP contribution in [0.1, 0.15) is 32.6 Å². The summed E-state index contributed by atoms with van der Waals surface area (Å²) in [6.45, 7) is 6.34. The number of hydrogen-bond acceptors (Lipinski definition) is 1. The van der Waals surface area contributed by atoms with Gasteiger partial charge >= 0.3 is 0 Å². The molecule has 0 spiro atoms. The van der Waals surface area contributed by atoms with Crippen LogP contribution < -0.4 is 0 Å². The second-order valence-corrected chi connectivity index (χ2v) is 2.90. The van der Waals surface area contributed by atoms with E-state index < -0.39 is 0 Å². The van der Waals surface area contributed by atoms with Gasteiger partial charge < -0.3 is 4.90 Å². The van der Waals surface area contributed by atoms with Gasteiger partial charge in [0.15, 0.2) is 0 Å². The topological polar surface area (TPSA) is 3.24 Å². The van der Waals surface area contributed by atoms with E-state index in [1.54, 1.807) is 0 Å². The van der Waals surface area contributed by atoms with Gasteiger partial charge in [-0.2, -0.15) is 0 Å². The number of unbranched alkanes of at least 4 members (excludes halogenated alkanes) is 2. The van der Waals surface area contributed by atoms with E-state index in [2.05, 4.69) is 11.8 Å². The van der Waals surface area contributed by atoms with Crippen LogP contribution >= 0.6 is 0 Å². The van der Waals surface area contributed by atoms with Crippen molar-refractivity contribution in [3.63, 3.8) is 0 Å². The molecule has 1 nitrogen and oxygen atoms in total. The highest BCUT2D eigenvalue weighted by Gasteiger charge is 2.11. The molecule has 1 heterocycles. The van der Waals surface area contributed by atoms with E-state index in [1.165, 1.54) is 45.3 Å². The van der Waals surface area contributed by atoms with Gasteiger partial charge in [0.05, 0.1) is 0 Å². The standard InChI is InChI=1S/C8H17N/c1-2-3-4-6-9-7-5-8-9/h2-8H2,1H3. The zero-order valence-electron chi connectivity index (χ0n) is 6.40. The van der Waals surface area contributed by atoms with Crippen LogP contribution in [0.4, 0.5) is 0 Å². The van der Waals surface area contributed by atoms with E-state index in [0.29, 0.717) is 0 Å². The molecule has 0 aromatic carbocycles. The van der Waals surface area contributed by atoms with Crippen molar-refractivity contribution in [2.75, 3.05) is 19.6 Å². The van der Waals surface area contributed by atoms with Gasteiger partial charge in [0.2, 0.25) is 0 Å². The largest absolute Gasteiger partial charge is 0.303 e. The summed E-state index contributed by atoms with van der Waals surface area (Å²) in [6, 6.07) is 0. The molecule has 0 N–H and O–H groups in total. The number of hydrogen-bond donors (Lipinski definition) is 0. The molecule has 1 heteroatoms. The molecule has 0 radical (unpaired) electrons. The lowest BCUT2D eigenvalue weighted by Gasteiger charge is -2.30. The van der Waals surface area contributed by atoms with Gasteiger partial charge in [0.25, 0.3) is 0 Å². The van der Waals surface area contributed by atoms with Gasteiger partial charge in [-0.05, 0) is 32.5 Å². The van der Waals surface area contributed by atoms with Crippen molar-refractivity contribution in [2.45, 2.75) is 32.6 Å². The summed E-state index contributed by atoms with van der Waals surface area (Å²) >= 11 is 0. The zero-order valence-corrected chi connectivity index (χ0v) is 6.40. The highest BCUT2D eigenvalue weighted by Crippen LogP contribution is 2.07. The predicted molar refractivity (Wildman–Crippen MR) is 40.6 cm³/mol. The molecule has 0 amide bonds. The molecule has 0 aromatic heterocycles. The molecule has 1 fully saturated rings. The van der Waals surface area contributed by atoms with Crippen LogP contribution in [0.3, 0.4) is 0 Å². The van der Waals surface area contributed by atoms with Crippen molar-refractivity contribution in [3.05, 3.63) is 0 Å². The maximum atomic E-state index is 2.54. The highest BCUT2D eigenvalue weighted by atomic mass is 15.2. The second kappa shape index (κ2) is 3.89. The average Bonchev–Trinajstić information content (AvgIpc) is 1.76. The van der Waals surface area contributed by atoms with Crippen molar-refractivity contribution in [3.8, 4) is 0 Å². The first kappa shape index (κ1) is 7.07. The molecule has 0 aliphatic carbocycles. The molecule has 1 rings (SSSR count). The summed E-state index contributed by atoms with van der Waals surface area (Å²) in [5.74, 6) is 0. The lowest BCUT2D eigenvalue weighted by molar-refractivity contribution is 0.178. The van der Waals surface area contributed by atoms with E-state index >= 15 is 0 Å². The fourth-order valence-corrected chi connectivity index (χ4v) is 1.19. The molecular weight excluding hydrogens is 110 g/mol. The minimum absolute atomic E-state index is 1.36. The van der Waals surface area contributed by atoms with Gasteiger partial charge in [-0.1, -0.05) is 19.8 Å². The SMILES string of the molecule is CCCCCN1CCC1. The van der Waals surface area contributed by atoms with Crippen LogP contribution in [0.5, 0.6) is 0 Å². The molecule has 0 saturated carbocycles. The molecule has 0 atom stereocenters. The average molecular weight is 127 g/mol. The Morgan fingerprint density at radius 3 is 2.44 bits per heavy atom. The van der Waals surface area contributed by atoms with Crippen LogP contribution in [-0.4, -0.2) is 24.5 Å². The molecule has 1 aliphatic rings. The van der Waals surface area contributed by atoms with Crippen molar-refractivity contribution in [2.24, 2.45) is 0 Å². The summed E-state index contributed by atoms with van der Waals surface area (Å²) in [5, 5.41) is 0. The minimum Gasteiger partial charge on any atom is -0.303 e. The summed E-state index contributed by atoms with van der Waals surface area (Å²) < 4.78 is 0. The maximum absolute atomic E-state index is 2.54. The Kier molecular flexibility index (Phi) is 3.05. The monoisotopic (exact) mass is 127 g/mol. The van der Waals surface area contributed by atoms with Gasteiger partial charge in [-0.25, -0.2) is 0 Å². The highest BCUT2D eigenvalue weighted by molar-refractivity contribution is 4.67. The van der Waals surface area contributed by atoms with Crippen molar-refractivity contribution in [1.29, 1.82) is 0 Å². The van der Waals surface area contributed by atoms with Crippen LogP contribution in [0, 0.1) is 0 Å². The lowest BCUT2D eigenvalue weighted by atomic mass is 10.2. The summed E-state index contributed by atoms with van der Waals surface area (Å²) in [7, 11) is 0. The quantitative estimate of drug-likeness (QED) is 0.521. The fourth-order valence-electron chi connectivity index (χ4n) is 1.19. The smallest absolute Gasteiger partial charge is 0.000654 e. The van der Waals surface area contributed by atoms with E-state index in [1.807, 2.05) is 0 Å². The summed E-state index contributed by atoms with van der Waals surface area (Å²) in [4.78, 5) is 2.54. The molecule has 0 aromatic rings. The van der Waals surface area contributed by atoms with E-state index in [4.69, 9.17) is 0 Å². The van der Waals surface area contributed by atoms with Gasteiger partial charge in [0, 0.05) is 0 Å². The van der Waals surface area contributed by atoms with Crippen LogP contribution in [0.25, 0.3) is 0 Å². The van der Waals surface area contributed by atoms with E-state index in [-0.39, 0.29) is 0 Å². The third-order valence-corrected chi connectivity index (χ3v) is 2.03. The first-order valence-electron chi connectivity index (χ1n) is 4.16. The van der Waals surface area contributed by atoms with Gasteiger partial charge in [-0.15, -0.1) is 0 Å². The van der Waals surface area contributed by atoms with Crippen molar-refractivity contribution < 1.29 is 0 Å². The molecule has 0 unspecified atom stereocenters. The molecular formula is C8H17N. The Labute approximate surface area is 58.0 Å². The normalized spacial score (nSPS) is 19.7. The predicted octanol–water partition coefficient (Wildman–Crippen LogP) is 1.88. The van der Waals surface area contributed by atoms with Crippen molar-refractivity contribution in [1.82, 2.24) is 4.90 Å². The third kappa shape index (κ3) is 2.35. The second-order valence-electron chi connectivity index (χ2n) is 2.90. The van der Waals surface area contributed by atoms with Crippen LogP contribution in [0.15, 0.2) is 0 Å². The molecule has 54 valence electrons. The zero-order chi connectivity index (χ0) is 6.53. The maximum Gasteiger partial charge on any atom is -0.000654 e. The Bertz CT molecular complexity index is 67.0. The van der Waals surface area contributed by atoms with Gasteiger partial charge in [0.1, 0.15) is 0 Å². The van der Waals surface area contributed by atoms with E-state index in [9.17, 15) is 0 Å². The summed E-state index contributed by atoms with van der Waals surface area (Å²) in [6.07, 6.45) is 5.62. The van der Waals surface area contributed by atoms with E-state index in [0.717, 1.165) is 0 Å². The van der Waals surface area contributed by atoms with Crippen molar-refractivity contribution >= 4 is 0 Å². The fraction of sp³-hybridized carbons (Fsp3) is 1.00. The Morgan fingerprint density at radius 1 is 1.22 bits per heavy atom. The Morgan fingerprint density at radius 2 is 2.00 bits per heavy atom. The molecule has 9 heavy (non-hydrogen) atoms. The number of rotatable bonds is 4. The first-order valence-corrected chi connectivity index (χ1v) is 4.16. The summed E-state index contributed by atoms with van der Waals surface area (Å²) in [5.41, 5.74) is 0. The molecule has 1 saturated heterocycles. The third-order valence-electron chi connectivity index (χ3n) is 2.03. The Hall–Kier alpha value is -0.0400. The van der Waals surface area contributed by atoms with Gasteiger partial charge in [-0.3, -0.25) is 0 Å².